The number of carbonyl (C=O) groups is 1. The highest BCUT2D eigenvalue weighted by atomic mass is 32.3. The largest absolute Gasteiger partial charge is 0.291 e. The van der Waals surface area contributed by atoms with Crippen LogP contribution in [0.25, 0.3) is 11.1 Å². The molecule has 11 heteroatoms. The third-order valence-electron chi connectivity index (χ3n) is 6.05. The van der Waals surface area contributed by atoms with Gasteiger partial charge in [-0.3, -0.25) is 9.69 Å². The molecule has 0 aliphatic heterocycles. The lowest BCUT2D eigenvalue weighted by molar-refractivity contribution is -0.117. The second-order valence-electron chi connectivity index (χ2n) is 9.85. The number of likely N-dealkylation sites (N-methyl/N-ethyl adjacent to an activating group) is 1. The summed E-state index contributed by atoms with van der Waals surface area (Å²) in [6, 6.07) is 9.86. The van der Waals surface area contributed by atoms with E-state index in [4.69, 9.17) is 0 Å². The van der Waals surface area contributed by atoms with E-state index in [9.17, 15) is 22.0 Å². The number of rotatable bonds is 7. The van der Waals surface area contributed by atoms with Gasteiger partial charge in [0.1, 0.15) is 11.6 Å². The number of anilines is 1. The average molecular weight is 556 g/mol. The molecule has 1 heterocycles. The van der Waals surface area contributed by atoms with Crippen LogP contribution in [-0.4, -0.2) is 43.6 Å². The zero-order valence-corrected chi connectivity index (χ0v) is 23.8. The molecule has 0 aliphatic carbocycles. The predicted octanol–water partition coefficient (Wildman–Crippen LogP) is 5.66. The minimum atomic E-state index is -3.82. The number of hydrogen-bond donors (Lipinski definition) is 1. The molecule has 1 N–H and O–H groups in total. The summed E-state index contributed by atoms with van der Waals surface area (Å²) in [5.41, 5.74) is 1.63. The first kappa shape index (κ1) is 28.2. The molecule has 0 atom stereocenters. The van der Waals surface area contributed by atoms with Crippen LogP contribution in [0.2, 0.25) is 0 Å². The van der Waals surface area contributed by atoms with Crippen LogP contribution in [0.1, 0.15) is 32.0 Å². The Morgan fingerprint density at radius 2 is 1.69 bits per heavy atom. The first-order valence-corrected chi connectivity index (χ1v) is 15.8. The Balaban J connectivity index is 1.76. The van der Waals surface area contributed by atoms with Crippen molar-refractivity contribution in [3.63, 3.8) is 0 Å². The molecule has 0 spiro atoms. The summed E-state index contributed by atoms with van der Waals surface area (Å²) < 4.78 is 56.5. The summed E-state index contributed by atoms with van der Waals surface area (Å²) in [6.07, 6.45) is 3.85. The van der Waals surface area contributed by atoms with Gasteiger partial charge in [0.05, 0.1) is 12.1 Å². The van der Waals surface area contributed by atoms with E-state index < -0.39 is 31.9 Å². The van der Waals surface area contributed by atoms with Crippen LogP contribution in [0.3, 0.4) is 0 Å². The van der Waals surface area contributed by atoms with E-state index in [1.807, 2.05) is 33.3 Å². The van der Waals surface area contributed by atoms with Gasteiger partial charge in [-0.05, 0) is 48.8 Å². The lowest BCUT2D eigenvalue weighted by Gasteiger charge is -2.44. The molecule has 36 heavy (non-hydrogen) atoms. The van der Waals surface area contributed by atoms with Gasteiger partial charge in [0.2, 0.25) is 5.91 Å². The van der Waals surface area contributed by atoms with Crippen molar-refractivity contribution in [1.82, 2.24) is 9.11 Å². The third kappa shape index (κ3) is 6.13. The number of thiazole rings is 1. The van der Waals surface area contributed by atoms with Crippen molar-refractivity contribution in [3.05, 3.63) is 65.4 Å². The van der Waals surface area contributed by atoms with Crippen LogP contribution in [0, 0.1) is 18.6 Å². The maximum absolute atomic E-state index is 14.0. The van der Waals surface area contributed by atoms with Gasteiger partial charge < -0.3 is 0 Å². The maximum atomic E-state index is 14.0. The fourth-order valence-corrected chi connectivity index (χ4v) is 8.80. The summed E-state index contributed by atoms with van der Waals surface area (Å²) in [4.78, 5) is 18.6. The van der Waals surface area contributed by atoms with E-state index in [2.05, 4.69) is 9.11 Å². The Bertz CT molecular complexity index is 1380. The third-order valence-corrected chi connectivity index (χ3v) is 14.4. The van der Waals surface area contributed by atoms with Crippen molar-refractivity contribution in [3.8, 4) is 11.1 Å². The molecule has 0 aliphatic rings. The van der Waals surface area contributed by atoms with Gasteiger partial charge in [-0.1, -0.05) is 56.4 Å². The lowest BCUT2D eigenvalue weighted by Crippen LogP contribution is -2.37. The highest BCUT2D eigenvalue weighted by Crippen LogP contribution is 2.50. The summed E-state index contributed by atoms with van der Waals surface area (Å²) >= 11 is 0.947. The van der Waals surface area contributed by atoms with Crippen molar-refractivity contribution in [2.75, 3.05) is 24.5 Å². The quantitative estimate of drug-likeness (QED) is 0.408. The number of amides is 1. The molecule has 0 saturated carbocycles. The summed E-state index contributed by atoms with van der Waals surface area (Å²) in [5.74, 6) is -1.36. The standard InChI is InChI=1S/C25H31F2N3O3S3/c1-16-23(36(32,33)29-35(6,7)25(2,3)4)34-24(28-16)30(5)22(31)14-17-8-10-18(11-9-17)20-15-19(26)12-13-21(20)27/h8-13,15,29H,14H2,1-7H3. The van der Waals surface area contributed by atoms with Crippen LogP contribution in [0.5, 0.6) is 0 Å². The van der Waals surface area contributed by atoms with E-state index in [0.717, 1.165) is 29.5 Å². The van der Waals surface area contributed by atoms with Gasteiger partial charge in [0.25, 0.3) is 10.0 Å². The number of nitrogens with one attached hydrogen (secondary N) is 1. The normalized spacial score (nSPS) is 13.0. The molecule has 1 amide bonds. The summed E-state index contributed by atoms with van der Waals surface area (Å²) in [7, 11) is -3.97. The van der Waals surface area contributed by atoms with E-state index in [0.29, 0.717) is 16.8 Å². The minimum absolute atomic E-state index is 0.0303. The van der Waals surface area contributed by atoms with E-state index >= 15 is 0 Å². The second-order valence-corrected chi connectivity index (χ2v) is 17.0. The fraction of sp³-hybridized carbons (Fsp3) is 0.360. The van der Waals surface area contributed by atoms with Gasteiger partial charge in [0.15, 0.2) is 9.34 Å². The number of nitrogens with zero attached hydrogens (tertiary/aromatic N) is 2. The summed E-state index contributed by atoms with van der Waals surface area (Å²) in [6.45, 7) is 7.58. The van der Waals surface area contributed by atoms with Crippen LogP contribution in [-0.2, 0) is 21.2 Å². The van der Waals surface area contributed by atoms with Crippen LogP contribution >= 0.6 is 21.6 Å². The number of sulfonamides is 1. The Morgan fingerprint density at radius 3 is 2.28 bits per heavy atom. The molecule has 0 bridgehead atoms. The average Bonchev–Trinajstić information content (AvgIpc) is 3.16. The highest BCUT2D eigenvalue weighted by Gasteiger charge is 2.34. The number of aromatic nitrogens is 1. The van der Waals surface area contributed by atoms with Gasteiger partial charge in [-0.15, -0.1) is 0 Å². The van der Waals surface area contributed by atoms with Gasteiger partial charge in [-0.2, -0.15) is 14.3 Å². The van der Waals surface area contributed by atoms with E-state index in [1.54, 1.807) is 38.2 Å². The first-order valence-electron chi connectivity index (χ1n) is 11.1. The Hall–Kier alpha value is -2.34. The molecule has 0 unspecified atom stereocenters. The summed E-state index contributed by atoms with van der Waals surface area (Å²) in [5, 5.41) is 0.278. The molecule has 3 rings (SSSR count). The molecule has 0 radical (unpaired) electrons. The van der Waals surface area contributed by atoms with E-state index in [-0.39, 0.29) is 32.0 Å². The molecule has 3 aromatic rings. The van der Waals surface area contributed by atoms with E-state index in [1.165, 1.54) is 4.90 Å². The number of halogens is 2. The number of aryl methyl sites for hydroxylation is 1. The fourth-order valence-electron chi connectivity index (χ4n) is 3.12. The minimum Gasteiger partial charge on any atom is -0.291 e. The molecule has 1 aromatic heterocycles. The van der Waals surface area contributed by atoms with Crippen LogP contribution in [0.15, 0.2) is 46.7 Å². The zero-order valence-electron chi connectivity index (χ0n) is 21.3. The zero-order chi connectivity index (χ0) is 27.1. The maximum Gasteiger partial charge on any atom is 0.259 e. The monoisotopic (exact) mass is 555 g/mol. The van der Waals surface area contributed by atoms with Gasteiger partial charge in [0, 0.05) is 17.4 Å². The lowest BCUT2D eigenvalue weighted by atomic mass is 10.0. The van der Waals surface area contributed by atoms with Crippen LogP contribution in [0.4, 0.5) is 13.9 Å². The molecule has 0 saturated heterocycles. The molecule has 6 nitrogen and oxygen atoms in total. The topological polar surface area (TPSA) is 79.4 Å². The number of hydrogen-bond acceptors (Lipinski definition) is 5. The Kier molecular flexibility index (Phi) is 8.00. The van der Waals surface area contributed by atoms with Gasteiger partial charge >= 0.3 is 0 Å². The molecule has 2 aromatic carbocycles. The molecular formula is C25H31F2N3O3S3. The van der Waals surface area contributed by atoms with Crippen molar-refractivity contribution < 1.29 is 22.0 Å². The molecule has 0 fully saturated rings. The van der Waals surface area contributed by atoms with Crippen molar-refractivity contribution in [1.29, 1.82) is 0 Å². The first-order chi connectivity index (χ1) is 16.5. The number of carbonyl (C=O) groups excluding carboxylic acids is 1. The predicted molar refractivity (Wildman–Crippen MR) is 145 cm³/mol. The van der Waals surface area contributed by atoms with Crippen molar-refractivity contribution >= 4 is 42.6 Å². The molecule has 196 valence electrons. The van der Waals surface area contributed by atoms with Crippen LogP contribution < -0.4 is 9.03 Å². The second kappa shape index (κ2) is 10.2. The van der Waals surface area contributed by atoms with Crippen molar-refractivity contribution in [2.45, 2.75) is 43.1 Å². The Morgan fingerprint density at radius 1 is 1.08 bits per heavy atom. The SMILES string of the molecule is Cc1nc(N(C)C(=O)Cc2ccc(-c3cc(F)ccc3F)cc2)sc1S(=O)(=O)NS(C)(C)C(C)(C)C. The Labute approximate surface area is 217 Å². The number of benzene rings is 2. The molecular weight excluding hydrogens is 524 g/mol. The van der Waals surface area contributed by atoms with Gasteiger partial charge in [-0.25, -0.2) is 22.2 Å². The smallest absolute Gasteiger partial charge is 0.259 e. The van der Waals surface area contributed by atoms with Crippen molar-refractivity contribution in [2.24, 2.45) is 0 Å². The highest BCUT2D eigenvalue weighted by molar-refractivity contribution is 8.36.